The molecule has 0 radical (unpaired) electrons. The summed E-state index contributed by atoms with van der Waals surface area (Å²) >= 11 is 0. The van der Waals surface area contributed by atoms with Gasteiger partial charge in [0.1, 0.15) is 5.83 Å². The molecule has 35 heavy (non-hydrogen) atoms. The van der Waals surface area contributed by atoms with Crippen LogP contribution in [-0.4, -0.2) is 6.21 Å². The Bertz CT molecular complexity index is 1090. The van der Waals surface area contributed by atoms with E-state index in [1.165, 1.54) is 22.8 Å². The molecule has 3 heteroatoms. The van der Waals surface area contributed by atoms with Crippen molar-refractivity contribution >= 4 is 11.8 Å². The molecule has 0 bridgehead atoms. The topological polar surface area (TPSA) is 24.4 Å². The number of rotatable bonds is 13. The summed E-state index contributed by atoms with van der Waals surface area (Å²) in [6.07, 6.45) is 9.51. The minimum absolute atomic E-state index is 0.00853. The van der Waals surface area contributed by atoms with Crippen molar-refractivity contribution in [3.63, 3.8) is 0 Å². The average Bonchev–Trinajstić information content (AvgIpc) is 2.84. The Morgan fingerprint density at radius 1 is 1.11 bits per heavy atom. The number of allylic oxidation sites excluding steroid dienone is 8. The van der Waals surface area contributed by atoms with E-state index in [2.05, 4.69) is 82.5 Å². The minimum Gasteiger partial charge on any atom is -0.356 e. The molecule has 0 aliphatic rings. The van der Waals surface area contributed by atoms with Crippen molar-refractivity contribution in [1.29, 1.82) is 0 Å². The van der Waals surface area contributed by atoms with Crippen LogP contribution >= 0.6 is 0 Å². The Labute approximate surface area is 213 Å². The summed E-state index contributed by atoms with van der Waals surface area (Å²) in [4.78, 5) is 4.56. The summed E-state index contributed by atoms with van der Waals surface area (Å²) in [7, 11) is 0. The molecule has 2 nitrogen and oxygen atoms in total. The van der Waals surface area contributed by atoms with Gasteiger partial charge >= 0.3 is 0 Å². The zero-order valence-corrected chi connectivity index (χ0v) is 22.8. The number of halogens is 1. The minimum atomic E-state index is -0.461. The Kier molecular flexibility index (Phi) is 11.6. The Morgan fingerprint density at radius 3 is 2.23 bits per heavy atom. The summed E-state index contributed by atoms with van der Waals surface area (Å²) in [5, 5.41) is 3.07. The lowest BCUT2D eigenvalue weighted by Gasteiger charge is -2.36. The summed E-state index contributed by atoms with van der Waals surface area (Å²) in [5.41, 5.74) is 8.34. The van der Waals surface area contributed by atoms with Crippen molar-refractivity contribution in [2.24, 2.45) is 4.99 Å². The van der Waals surface area contributed by atoms with Gasteiger partial charge in [0.05, 0.1) is 11.4 Å². The first-order chi connectivity index (χ1) is 16.5. The Hall–Kier alpha value is -3.20. The molecule has 1 N–H and O–H groups in total. The zero-order chi connectivity index (χ0) is 26.8. The van der Waals surface area contributed by atoms with E-state index < -0.39 is 5.83 Å². The first-order valence-corrected chi connectivity index (χ1v) is 12.3. The molecule has 1 atom stereocenters. The highest BCUT2D eigenvalue weighted by atomic mass is 19.1. The van der Waals surface area contributed by atoms with Crippen molar-refractivity contribution in [3.05, 3.63) is 113 Å². The van der Waals surface area contributed by atoms with Crippen molar-refractivity contribution < 1.29 is 4.39 Å². The third kappa shape index (κ3) is 7.14. The zero-order valence-electron chi connectivity index (χ0n) is 22.8. The molecule has 1 aromatic rings. The van der Waals surface area contributed by atoms with Gasteiger partial charge in [0, 0.05) is 17.3 Å². The normalized spacial score (nSPS) is 15.1. The third-order valence-corrected chi connectivity index (χ3v) is 6.70. The van der Waals surface area contributed by atoms with Gasteiger partial charge in [0.15, 0.2) is 0 Å². The van der Waals surface area contributed by atoms with E-state index in [9.17, 15) is 4.39 Å². The van der Waals surface area contributed by atoms with Crippen LogP contribution in [0.5, 0.6) is 0 Å². The maximum absolute atomic E-state index is 14.0. The van der Waals surface area contributed by atoms with Gasteiger partial charge in [-0.1, -0.05) is 70.4 Å². The maximum Gasteiger partial charge on any atom is 0.146 e. The molecule has 0 spiro atoms. The van der Waals surface area contributed by atoms with Gasteiger partial charge in [-0.25, -0.2) is 4.39 Å². The second kappa shape index (κ2) is 13.6. The number of nitrogens with zero attached hydrogens (tertiary/aromatic N) is 1. The van der Waals surface area contributed by atoms with Gasteiger partial charge < -0.3 is 5.32 Å². The van der Waals surface area contributed by atoms with E-state index in [4.69, 9.17) is 0 Å². The summed E-state index contributed by atoms with van der Waals surface area (Å²) < 4.78 is 14.0. The van der Waals surface area contributed by atoms with Crippen LogP contribution in [0.3, 0.4) is 0 Å². The molecule has 1 unspecified atom stereocenters. The van der Waals surface area contributed by atoms with Crippen molar-refractivity contribution in [3.8, 4) is 0 Å². The first kappa shape index (κ1) is 29.8. The molecule has 0 heterocycles. The Balaban J connectivity index is 3.47. The molecule has 0 fully saturated rings. The van der Waals surface area contributed by atoms with Gasteiger partial charge in [0.2, 0.25) is 0 Å². The maximum atomic E-state index is 14.0. The Morgan fingerprint density at radius 2 is 1.77 bits per heavy atom. The lowest BCUT2D eigenvalue weighted by Crippen LogP contribution is -2.27. The molecule has 188 valence electrons. The van der Waals surface area contributed by atoms with Crippen molar-refractivity contribution in [2.75, 3.05) is 0 Å². The molecular weight excluding hydrogens is 431 g/mol. The molecular formula is C32H43FN2. The largest absolute Gasteiger partial charge is 0.356 e. The third-order valence-electron chi connectivity index (χ3n) is 6.70. The predicted molar refractivity (Wildman–Crippen MR) is 154 cm³/mol. The van der Waals surface area contributed by atoms with Crippen LogP contribution in [-0.2, 0) is 5.41 Å². The summed E-state index contributed by atoms with van der Waals surface area (Å²) in [5.74, 6) is -0.461. The van der Waals surface area contributed by atoms with Gasteiger partial charge in [-0.05, 0) is 93.5 Å². The van der Waals surface area contributed by atoms with Crippen molar-refractivity contribution in [2.45, 2.75) is 73.1 Å². The summed E-state index contributed by atoms with van der Waals surface area (Å²) in [6, 6.07) is 6.57. The quantitative estimate of drug-likeness (QED) is 0.172. The lowest BCUT2D eigenvalue weighted by atomic mass is 9.68. The second-order valence-corrected chi connectivity index (χ2v) is 8.98. The number of aliphatic imine (C=N–C) groups is 1. The molecule has 1 aromatic carbocycles. The lowest BCUT2D eigenvalue weighted by molar-refractivity contribution is 0.439. The van der Waals surface area contributed by atoms with Crippen LogP contribution < -0.4 is 5.32 Å². The van der Waals surface area contributed by atoms with Crippen LogP contribution in [0, 0.1) is 6.92 Å². The molecule has 0 aromatic heterocycles. The highest BCUT2D eigenvalue weighted by Crippen LogP contribution is 2.41. The van der Waals surface area contributed by atoms with E-state index in [1.54, 1.807) is 6.21 Å². The van der Waals surface area contributed by atoms with Gasteiger partial charge in [-0.2, -0.15) is 0 Å². The molecule has 0 saturated heterocycles. The number of hydrogen-bond donors (Lipinski definition) is 1. The highest BCUT2D eigenvalue weighted by Gasteiger charge is 2.31. The van der Waals surface area contributed by atoms with Gasteiger partial charge in [-0.3, -0.25) is 4.99 Å². The number of benzene rings is 1. The van der Waals surface area contributed by atoms with Crippen LogP contribution in [0.15, 0.2) is 102 Å². The number of hydrogen-bond acceptors (Lipinski definition) is 2. The fourth-order valence-corrected chi connectivity index (χ4v) is 4.51. The summed E-state index contributed by atoms with van der Waals surface area (Å²) in [6.45, 7) is 30.3. The standard InChI is InChI=1S/C32H43FN2/c1-12-19-32(15-4,22(6)7)28-18-17-27(20-24(28)9)23(8)21-31(34-16-5)25(10)26(11)35-30(14-3)29(33)13-2/h13-14,16-18,20-21,35H,2-3,6,8,12,15,19H2,1,4-5,7,9-11H3/b26-25+,30-29-,31-21+,34-16?. The molecule has 0 amide bonds. The van der Waals surface area contributed by atoms with E-state index in [0.29, 0.717) is 0 Å². The van der Waals surface area contributed by atoms with E-state index in [0.717, 1.165) is 53.4 Å². The van der Waals surface area contributed by atoms with Gasteiger partial charge in [0.25, 0.3) is 0 Å². The molecule has 1 rings (SSSR count). The fourth-order valence-electron chi connectivity index (χ4n) is 4.51. The van der Waals surface area contributed by atoms with Crippen molar-refractivity contribution in [1.82, 2.24) is 5.32 Å². The number of aryl methyl sites for hydroxylation is 1. The van der Waals surface area contributed by atoms with Crippen LogP contribution in [0.25, 0.3) is 5.57 Å². The smallest absolute Gasteiger partial charge is 0.146 e. The number of nitrogens with one attached hydrogen (secondary N) is 1. The average molecular weight is 475 g/mol. The SMILES string of the molecule is C=C/C(F)=C(\C=C)N/C(C)=C(C)/C(=C\C(=C)c1ccc(C(CC)(CCC)C(=C)C)c(C)c1)N=CC. The van der Waals surface area contributed by atoms with Crippen LogP contribution in [0.2, 0.25) is 0 Å². The van der Waals surface area contributed by atoms with Crippen LogP contribution in [0.4, 0.5) is 4.39 Å². The predicted octanol–water partition coefficient (Wildman–Crippen LogP) is 9.44. The van der Waals surface area contributed by atoms with E-state index in [1.807, 2.05) is 26.8 Å². The van der Waals surface area contributed by atoms with E-state index in [-0.39, 0.29) is 11.1 Å². The van der Waals surface area contributed by atoms with Gasteiger partial charge in [-0.15, -0.1) is 0 Å². The fraction of sp³-hybridized carbons (Fsp3) is 0.344. The van der Waals surface area contributed by atoms with Crippen LogP contribution in [0.1, 0.15) is 77.5 Å². The monoisotopic (exact) mass is 474 g/mol. The second-order valence-electron chi connectivity index (χ2n) is 8.98. The molecule has 0 aliphatic heterocycles. The first-order valence-electron chi connectivity index (χ1n) is 12.3. The molecule has 0 aliphatic carbocycles. The highest BCUT2D eigenvalue weighted by molar-refractivity contribution is 5.75. The van der Waals surface area contributed by atoms with E-state index >= 15 is 0 Å². The molecule has 0 saturated carbocycles.